The number of aromatic amines is 1. The molecule has 3 rings (SSSR count). The second kappa shape index (κ2) is 6.84. The predicted octanol–water partition coefficient (Wildman–Crippen LogP) is 1.78. The Morgan fingerprint density at radius 2 is 2.00 bits per heavy atom. The summed E-state index contributed by atoms with van der Waals surface area (Å²) in [4.78, 5) is 25.2. The highest BCUT2D eigenvalue weighted by molar-refractivity contribution is 5.96. The van der Waals surface area contributed by atoms with Gasteiger partial charge in [0.2, 0.25) is 0 Å². The molecule has 1 aromatic carbocycles. The molecule has 1 aliphatic rings. The zero-order valence-electron chi connectivity index (χ0n) is 14.0. The van der Waals surface area contributed by atoms with Crippen LogP contribution in [0.1, 0.15) is 23.3 Å². The van der Waals surface area contributed by atoms with Gasteiger partial charge in [0.15, 0.2) is 11.5 Å². The van der Waals surface area contributed by atoms with Crippen molar-refractivity contribution in [3.63, 3.8) is 0 Å². The molecular weight excluding hydrogens is 326 g/mol. The maximum atomic E-state index is 12.6. The van der Waals surface area contributed by atoms with Crippen molar-refractivity contribution in [1.82, 2.24) is 15.1 Å². The molecule has 0 saturated carbocycles. The minimum absolute atomic E-state index is 0.262. The summed E-state index contributed by atoms with van der Waals surface area (Å²) in [5.41, 5.74) is 1.58. The van der Waals surface area contributed by atoms with Crippen molar-refractivity contribution in [2.75, 3.05) is 20.8 Å². The van der Waals surface area contributed by atoms with E-state index >= 15 is 0 Å². The van der Waals surface area contributed by atoms with E-state index in [0.29, 0.717) is 36.6 Å². The number of benzene rings is 1. The molecule has 0 bridgehead atoms. The Labute approximate surface area is 144 Å². The van der Waals surface area contributed by atoms with E-state index in [4.69, 9.17) is 9.47 Å². The topological polar surface area (TPSA) is 105 Å². The van der Waals surface area contributed by atoms with Gasteiger partial charge < -0.3 is 19.5 Å². The lowest BCUT2D eigenvalue weighted by molar-refractivity contribution is -0.141. The van der Waals surface area contributed by atoms with E-state index in [1.807, 2.05) is 6.07 Å². The maximum Gasteiger partial charge on any atom is 0.326 e. The Balaban J connectivity index is 1.85. The molecule has 0 radical (unpaired) electrons. The summed E-state index contributed by atoms with van der Waals surface area (Å²) in [5, 5.41) is 16.1. The first-order valence-electron chi connectivity index (χ1n) is 7.86. The van der Waals surface area contributed by atoms with Crippen molar-refractivity contribution < 1.29 is 24.2 Å². The molecule has 1 aromatic heterocycles. The number of carboxylic acids is 1. The average Bonchev–Trinajstić information content (AvgIpc) is 3.30. The van der Waals surface area contributed by atoms with Crippen molar-refractivity contribution in [3.05, 3.63) is 30.0 Å². The van der Waals surface area contributed by atoms with Gasteiger partial charge in [0, 0.05) is 12.1 Å². The zero-order chi connectivity index (χ0) is 18.0. The number of rotatable bonds is 5. The van der Waals surface area contributed by atoms with E-state index < -0.39 is 12.0 Å². The molecule has 1 saturated heterocycles. The number of carbonyl (C=O) groups is 2. The van der Waals surface area contributed by atoms with Gasteiger partial charge in [-0.1, -0.05) is 0 Å². The van der Waals surface area contributed by atoms with Crippen LogP contribution in [0.25, 0.3) is 11.3 Å². The molecule has 8 heteroatoms. The largest absolute Gasteiger partial charge is 0.493 e. The van der Waals surface area contributed by atoms with E-state index in [-0.39, 0.29) is 11.6 Å². The lowest BCUT2D eigenvalue weighted by atomic mass is 10.1. The third-order valence-corrected chi connectivity index (χ3v) is 4.29. The summed E-state index contributed by atoms with van der Waals surface area (Å²) in [6.45, 7) is 0.431. The molecule has 0 spiro atoms. The fraction of sp³-hybridized carbons (Fsp3) is 0.353. The molecule has 2 N–H and O–H groups in total. The number of nitrogens with one attached hydrogen (secondary N) is 1. The van der Waals surface area contributed by atoms with E-state index in [0.717, 1.165) is 5.56 Å². The van der Waals surface area contributed by atoms with Crippen LogP contribution in [-0.2, 0) is 4.79 Å². The van der Waals surface area contributed by atoms with Gasteiger partial charge in [-0.05, 0) is 37.1 Å². The van der Waals surface area contributed by atoms with Crippen LogP contribution in [0, 0.1) is 0 Å². The smallest absolute Gasteiger partial charge is 0.326 e. The normalized spacial score (nSPS) is 16.7. The minimum Gasteiger partial charge on any atom is -0.493 e. The van der Waals surface area contributed by atoms with Gasteiger partial charge in [-0.3, -0.25) is 9.89 Å². The van der Waals surface area contributed by atoms with Gasteiger partial charge in [-0.25, -0.2) is 4.79 Å². The molecule has 8 nitrogen and oxygen atoms in total. The average molecular weight is 345 g/mol. The van der Waals surface area contributed by atoms with Crippen molar-refractivity contribution in [3.8, 4) is 22.8 Å². The molecule has 0 unspecified atom stereocenters. The highest BCUT2D eigenvalue weighted by Gasteiger charge is 2.35. The van der Waals surface area contributed by atoms with Crippen LogP contribution in [0.4, 0.5) is 0 Å². The van der Waals surface area contributed by atoms with Crippen molar-refractivity contribution in [2.24, 2.45) is 0 Å². The number of likely N-dealkylation sites (tertiary alicyclic amines) is 1. The van der Waals surface area contributed by atoms with E-state index in [9.17, 15) is 14.7 Å². The number of aromatic nitrogens is 2. The molecule has 0 aliphatic carbocycles. The van der Waals surface area contributed by atoms with Crippen LogP contribution in [0.15, 0.2) is 24.3 Å². The Morgan fingerprint density at radius 1 is 1.24 bits per heavy atom. The summed E-state index contributed by atoms with van der Waals surface area (Å²) in [7, 11) is 3.10. The molecule has 25 heavy (non-hydrogen) atoms. The lowest BCUT2D eigenvalue weighted by Crippen LogP contribution is -2.40. The summed E-state index contributed by atoms with van der Waals surface area (Å²) in [6.07, 6.45) is 1.15. The second-order valence-corrected chi connectivity index (χ2v) is 5.73. The Bertz CT molecular complexity index is 801. The number of aliphatic carboxylic acids is 1. The lowest BCUT2D eigenvalue weighted by Gasteiger charge is -2.20. The molecular formula is C17H19N3O5. The molecule has 1 atom stereocenters. The number of ether oxygens (including phenoxy) is 2. The van der Waals surface area contributed by atoms with Crippen LogP contribution < -0.4 is 9.47 Å². The van der Waals surface area contributed by atoms with E-state index in [1.165, 1.54) is 4.90 Å². The number of carboxylic acid groups (broad SMARTS) is 1. The fourth-order valence-electron chi connectivity index (χ4n) is 3.00. The zero-order valence-corrected chi connectivity index (χ0v) is 14.0. The number of hydrogen-bond donors (Lipinski definition) is 2. The van der Waals surface area contributed by atoms with Crippen molar-refractivity contribution >= 4 is 11.9 Å². The van der Waals surface area contributed by atoms with Gasteiger partial charge >= 0.3 is 5.97 Å². The van der Waals surface area contributed by atoms with Crippen molar-refractivity contribution in [1.29, 1.82) is 0 Å². The monoisotopic (exact) mass is 345 g/mol. The van der Waals surface area contributed by atoms with Crippen LogP contribution >= 0.6 is 0 Å². The van der Waals surface area contributed by atoms with Crippen molar-refractivity contribution in [2.45, 2.75) is 18.9 Å². The Kier molecular flexibility index (Phi) is 4.60. The molecule has 1 aliphatic heterocycles. The second-order valence-electron chi connectivity index (χ2n) is 5.73. The fourth-order valence-corrected chi connectivity index (χ4v) is 3.00. The number of methoxy groups -OCH3 is 2. The molecule has 1 fully saturated rings. The molecule has 132 valence electrons. The summed E-state index contributed by atoms with van der Waals surface area (Å²) in [6, 6.07) is 6.16. The third-order valence-electron chi connectivity index (χ3n) is 4.29. The number of amides is 1. The third kappa shape index (κ3) is 3.15. The number of H-pyrrole nitrogens is 1. The molecule has 2 aromatic rings. The van der Waals surface area contributed by atoms with Gasteiger partial charge in [0.25, 0.3) is 5.91 Å². The first-order chi connectivity index (χ1) is 12.0. The van der Waals surface area contributed by atoms with Crippen LogP contribution in [0.5, 0.6) is 11.5 Å². The standard InChI is InChI=1S/C17H19N3O5/c1-24-14-6-5-10(8-15(14)25-2)11-9-12(19-18-11)16(21)20-7-3-4-13(20)17(22)23/h5-6,8-9,13H,3-4,7H2,1-2H3,(H,18,19)(H,22,23)/t13-/m1/s1. The van der Waals surface area contributed by atoms with E-state index in [1.54, 1.807) is 32.4 Å². The highest BCUT2D eigenvalue weighted by atomic mass is 16.5. The van der Waals surface area contributed by atoms with Gasteiger partial charge in [0.1, 0.15) is 11.7 Å². The summed E-state index contributed by atoms with van der Waals surface area (Å²) < 4.78 is 10.5. The molecule has 2 heterocycles. The van der Waals surface area contributed by atoms with Gasteiger partial charge in [-0.2, -0.15) is 5.10 Å². The van der Waals surface area contributed by atoms with Gasteiger partial charge in [-0.15, -0.1) is 0 Å². The number of hydrogen-bond acceptors (Lipinski definition) is 5. The van der Waals surface area contributed by atoms with E-state index in [2.05, 4.69) is 10.2 Å². The Morgan fingerprint density at radius 3 is 2.68 bits per heavy atom. The minimum atomic E-state index is -0.981. The quantitative estimate of drug-likeness (QED) is 0.856. The van der Waals surface area contributed by atoms with Crippen LogP contribution in [0.2, 0.25) is 0 Å². The SMILES string of the molecule is COc1ccc(-c2cc(C(=O)N3CCC[C@@H]3C(=O)O)[nH]n2)cc1OC. The Hall–Kier alpha value is -3.03. The first-order valence-corrected chi connectivity index (χ1v) is 7.86. The van der Waals surface area contributed by atoms with Crippen LogP contribution in [-0.4, -0.2) is 58.9 Å². The summed E-state index contributed by atoms with van der Waals surface area (Å²) in [5.74, 6) is -0.185. The maximum absolute atomic E-state index is 12.6. The first kappa shape index (κ1) is 16.8. The van der Waals surface area contributed by atoms with Crippen LogP contribution in [0.3, 0.4) is 0 Å². The predicted molar refractivity (Wildman–Crippen MR) is 88.8 cm³/mol. The van der Waals surface area contributed by atoms with Gasteiger partial charge in [0.05, 0.1) is 19.9 Å². The number of nitrogens with zero attached hydrogens (tertiary/aromatic N) is 2. The molecule has 1 amide bonds. The number of carbonyl (C=O) groups excluding carboxylic acids is 1. The highest BCUT2D eigenvalue weighted by Crippen LogP contribution is 2.32. The summed E-state index contributed by atoms with van der Waals surface area (Å²) >= 11 is 0.